The molecule has 0 unspecified atom stereocenters. The van der Waals surface area contributed by atoms with Crippen molar-refractivity contribution in [1.82, 2.24) is 0 Å². The van der Waals surface area contributed by atoms with Crippen molar-refractivity contribution in [2.24, 2.45) is 0 Å². The number of alkyl halides is 3. The van der Waals surface area contributed by atoms with E-state index in [0.29, 0.717) is 0 Å². The quantitative estimate of drug-likeness (QED) is 0.439. The van der Waals surface area contributed by atoms with Crippen molar-refractivity contribution in [2.75, 3.05) is 11.6 Å². The van der Waals surface area contributed by atoms with E-state index < -0.39 is 40.8 Å². The SMILES string of the molecule is CN(c1ccccc1C(F)(F)F)[Si](C)(C)c1cccc(C(C)(C)C)c1O.[Cl][Zr][Cl]. The molecule has 0 aliphatic rings. The van der Waals surface area contributed by atoms with Gasteiger partial charge in [-0.25, -0.2) is 0 Å². The van der Waals surface area contributed by atoms with E-state index in [1.165, 1.54) is 12.1 Å². The van der Waals surface area contributed by atoms with Gasteiger partial charge in [0.15, 0.2) is 8.24 Å². The van der Waals surface area contributed by atoms with E-state index in [1.54, 1.807) is 17.7 Å². The average Bonchev–Trinajstić information content (AvgIpc) is 2.60. The first-order chi connectivity index (χ1) is 13.2. The molecule has 29 heavy (non-hydrogen) atoms. The van der Waals surface area contributed by atoms with Crippen molar-refractivity contribution < 1.29 is 39.1 Å². The van der Waals surface area contributed by atoms with Gasteiger partial charge in [0.1, 0.15) is 5.75 Å². The van der Waals surface area contributed by atoms with E-state index in [-0.39, 0.29) is 16.9 Å². The summed E-state index contributed by atoms with van der Waals surface area (Å²) in [6, 6.07) is 11.2. The van der Waals surface area contributed by atoms with Crippen molar-refractivity contribution in [1.29, 1.82) is 0 Å². The van der Waals surface area contributed by atoms with Crippen LogP contribution in [-0.2, 0) is 32.4 Å². The predicted molar refractivity (Wildman–Crippen MR) is 115 cm³/mol. The van der Waals surface area contributed by atoms with E-state index in [2.05, 4.69) is 0 Å². The molecule has 0 aromatic heterocycles. The Balaban J connectivity index is 0.00000132. The first-order valence-electron chi connectivity index (χ1n) is 8.88. The fourth-order valence-corrected chi connectivity index (χ4v) is 5.51. The minimum atomic E-state index is -4.43. The van der Waals surface area contributed by atoms with Crippen molar-refractivity contribution >= 4 is 36.1 Å². The number of anilines is 1. The molecular weight excluding hydrogens is 517 g/mol. The Morgan fingerprint density at radius 1 is 0.931 bits per heavy atom. The van der Waals surface area contributed by atoms with E-state index in [1.807, 2.05) is 52.1 Å². The molecule has 2 nitrogen and oxygen atoms in total. The number of aromatic hydroxyl groups is 1. The molecule has 0 saturated heterocycles. The zero-order valence-corrected chi connectivity index (χ0v) is 22.3. The molecule has 0 aliphatic heterocycles. The molecule has 2 aromatic rings. The van der Waals surface area contributed by atoms with Gasteiger partial charge in [0, 0.05) is 10.9 Å². The Labute approximate surface area is 190 Å². The molecule has 0 fully saturated rings. The molecule has 0 heterocycles. The maximum atomic E-state index is 13.4. The third-order valence-electron chi connectivity index (χ3n) is 4.91. The number of benzene rings is 2. The van der Waals surface area contributed by atoms with Crippen LogP contribution in [0, 0.1) is 0 Å². The van der Waals surface area contributed by atoms with Crippen LogP contribution < -0.4 is 9.75 Å². The molecule has 9 heteroatoms. The summed E-state index contributed by atoms with van der Waals surface area (Å²) in [4.78, 5) is 0. The van der Waals surface area contributed by atoms with Crippen LogP contribution in [0.15, 0.2) is 42.5 Å². The molecule has 160 valence electrons. The standard InChI is InChI=1S/C20H26F3NOSi.2ClH.Zr/c1-19(2,3)15-11-9-13-17(18(15)25)26(5,6)24(4)16-12-8-7-10-14(16)20(21,22)23;;;/h7-13,25H,1-6H3;2*1H;/q;;;+2/p-2. The molecule has 1 N–H and O–H groups in total. The topological polar surface area (TPSA) is 23.5 Å². The summed E-state index contributed by atoms with van der Waals surface area (Å²) in [5.74, 6) is 0.188. The zero-order chi connectivity index (χ0) is 22.6. The molecular formula is C20H26Cl2F3NOSiZr. The molecule has 2 rings (SSSR count). The van der Waals surface area contributed by atoms with Gasteiger partial charge in [-0.2, -0.15) is 13.2 Å². The van der Waals surface area contributed by atoms with Crippen LogP contribution in [0.2, 0.25) is 13.1 Å². The summed E-state index contributed by atoms with van der Waals surface area (Å²) in [7, 11) is 8.94. The number of phenolic OH excluding ortho intramolecular Hbond substituents is 1. The van der Waals surface area contributed by atoms with Crippen LogP contribution in [0.4, 0.5) is 18.9 Å². The molecule has 0 bridgehead atoms. The molecule has 0 radical (unpaired) electrons. The van der Waals surface area contributed by atoms with Gasteiger partial charge in [0.05, 0.1) is 5.56 Å². The number of halogens is 5. The van der Waals surface area contributed by atoms with Crippen LogP contribution in [0.5, 0.6) is 5.75 Å². The number of phenols is 1. The summed E-state index contributed by atoms with van der Waals surface area (Å²) in [5.41, 5.74) is 0.0207. The fourth-order valence-electron chi connectivity index (χ4n) is 3.13. The summed E-state index contributed by atoms with van der Waals surface area (Å²) < 4.78 is 42.0. The summed E-state index contributed by atoms with van der Waals surface area (Å²) in [6.07, 6.45) is -4.43. The maximum absolute atomic E-state index is 13.4. The number of para-hydroxylation sites is 2. The first-order valence-corrected chi connectivity index (χ1v) is 18.2. The Morgan fingerprint density at radius 3 is 1.90 bits per heavy atom. The summed E-state index contributed by atoms with van der Waals surface area (Å²) in [5, 5.41) is 11.6. The third-order valence-corrected chi connectivity index (χ3v) is 8.55. The number of rotatable bonds is 3. The fraction of sp³-hybridized carbons (Fsp3) is 0.400. The van der Waals surface area contributed by atoms with Gasteiger partial charge in [-0.15, -0.1) is 0 Å². The van der Waals surface area contributed by atoms with Crippen LogP contribution in [0.3, 0.4) is 0 Å². The van der Waals surface area contributed by atoms with E-state index >= 15 is 0 Å². The van der Waals surface area contributed by atoms with Crippen molar-refractivity contribution in [3.05, 3.63) is 53.6 Å². The molecule has 0 amide bonds. The van der Waals surface area contributed by atoms with Gasteiger partial charge < -0.3 is 9.67 Å². The van der Waals surface area contributed by atoms with E-state index in [4.69, 9.17) is 17.0 Å². The van der Waals surface area contributed by atoms with Gasteiger partial charge in [-0.05, 0) is 43.3 Å². The Hall–Kier alpha value is -0.490. The molecule has 0 aliphatic carbocycles. The number of hydrogen-bond acceptors (Lipinski definition) is 2. The Bertz CT molecular complexity index is 826. The summed E-state index contributed by atoms with van der Waals surface area (Å²) in [6.45, 7) is 9.90. The average molecular weight is 544 g/mol. The molecule has 2 aromatic carbocycles. The second-order valence-corrected chi connectivity index (χ2v) is 16.2. The van der Waals surface area contributed by atoms with Crippen molar-refractivity contribution in [2.45, 2.75) is 45.5 Å². The minimum absolute atomic E-state index is 0.136. The van der Waals surface area contributed by atoms with Gasteiger partial charge in [0.2, 0.25) is 0 Å². The zero-order valence-electron chi connectivity index (χ0n) is 17.3. The van der Waals surface area contributed by atoms with Gasteiger partial charge in [0.25, 0.3) is 0 Å². The number of hydrogen-bond donors (Lipinski definition) is 1. The van der Waals surface area contributed by atoms with Gasteiger partial charge >= 0.3 is 44.1 Å². The van der Waals surface area contributed by atoms with Crippen LogP contribution in [0.1, 0.15) is 31.9 Å². The molecule has 0 spiro atoms. The molecule has 0 atom stereocenters. The van der Waals surface area contributed by atoms with Crippen LogP contribution >= 0.6 is 17.0 Å². The van der Waals surface area contributed by atoms with Crippen LogP contribution in [-0.4, -0.2) is 20.4 Å². The Kier molecular flexibility index (Phi) is 9.35. The van der Waals surface area contributed by atoms with Gasteiger partial charge in [-0.1, -0.05) is 51.1 Å². The summed E-state index contributed by atoms with van der Waals surface area (Å²) >= 11 is -0.826. The van der Waals surface area contributed by atoms with E-state index in [9.17, 15) is 18.3 Å². The predicted octanol–water partition coefficient (Wildman–Crippen LogP) is 6.63. The third kappa shape index (κ3) is 6.49. The Morgan fingerprint density at radius 2 is 1.41 bits per heavy atom. The van der Waals surface area contributed by atoms with Gasteiger partial charge in [-0.3, -0.25) is 0 Å². The normalized spacial score (nSPS) is 12.1. The number of nitrogens with zero attached hydrogens (tertiary/aromatic N) is 1. The monoisotopic (exact) mass is 541 g/mol. The van der Waals surface area contributed by atoms with Crippen LogP contribution in [0.25, 0.3) is 0 Å². The first kappa shape index (κ1) is 26.5. The van der Waals surface area contributed by atoms with E-state index in [0.717, 1.165) is 16.8 Å². The van der Waals surface area contributed by atoms with Crippen molar-refractivity contribution in [3.8, 4) is 5.75 Å². The van der Waals surface area contributed by atoms with Crippen molar-refractivity contribution in [3.63, 3.8) is 0 Å². The second kappa shape index (κ2) is 10.2. The second-order valence-electron chi connectivity index (χ2n) is 8.16. The molecule has 0 saturated carbocycles.